The minimum atomic E-state index is 0.213. The molecule has 0 amide bonds. The molecule has 106 valence electrons. The number of rotatable bonds is 6. The van der Waals surface area contributed by atoms with Crippen LogP contribution in [-0.2, 0) is 4.74 Å². The van der Waals surface area contributed by atoms with Gasteiger partial charge in [-0.2, -0.15) is 0 Å². The van der Waals surface area contributed by atoms with Gasteiger partial charge in [0.2, 0.25) is 0 Å². The van der Waals surface area contributed by atoms with Crippen LogP contribution in [0.5, 0.6) is 0 Å². The summed E-state index contributed by atoms with van der Waals surface area (Å²) in [4.78, 5) is 2.74. The second-order valence-electron chi connectivity index (χ2n) is 6.56. The SMILES string of the molecule is CCC1CC(CN)(N(CC(C)C)C2CC2)CCO1. The highest BCUT2D eigenvalue weighted by molar-refractivity contribution is 5.02. The maximum absolute atomic E-state index is 6.20. The summed E-state index contributed by atoms with van der Waals surface area (Å²) in [7, 11) is 0. The quantitative estimate of drug-likeness (QED) is 0.791. The van der Waals surface area contributed by atoms with Gasteiger partial charge in [0.05, 0.1) is 6.10 Å². The molecular formula is C15H30N2O. The maximum Gasteiger partial charge on any atom is 0.0590 e. The summed E-state index contributed by atoms with van der Waals surface area (Å²) in [5.74, 6) is 0.719. The van der Waals surface area contributed by atoms with E-state index < -0.39 is 0 Å². The van der Waals surface area contributed by atoms with Crippen LogP contribution in [-0.4, -0.2) is 42.3 Å². The van der Waals surface area contributed by atoms with E-state index >= 15 is 0 Å². The number of ether oxygens (including phenoxy) is 1. The Balaban J connectivity index is 2.11. The minimum Gasteiger partial charge on any atom is -0.378 e. The fourth-order valence-electron chi connectivity index (χ4n) is 3.34. The zero-order valence-corrected chi connectivity index (χ0v) is 12.3. The molecule has 1 aliphatic carbocycles. The molecule has 2 rings (SSSR count). The van der Waals surface area contributed by atoms with Gasteiger partial charge in [-0.15, -0.1) is 0 Å². The van der Waals surface area contributed by atoms with E-state index in [1.807, 2.05) is 0 Å². The van der Waals surface area contributed by atoms with Crippen LogP contribution in [0.4, 0.5) is 0 Å². The summed E-state index contributed by atoms with van der Waals surface area (Å²) in [6.45, 7) is 9.72. The van der Waals surface area contributed by atoms with Crippen molar-refractivity contribution in [3.63, 3.8) is 0 Å². The maximum atomic E-state index is 6.20. The molecule has 2 atom stereocenters. The number of hydrogen-bond acceptors (Lipinski definition) is 3. The Hall–Kier alpha value is -0.120. The van der Waals surface area contributed by atoms with Crippen molar-refractivity contribution in [3.8, 4) is 0 Å². The first-order chi connectivity index (χ1) is 8.61. The van der Waals surface area contributed by atoms with Crippen molar-refractivity contribution in [2.24, 2.45) is 11.7 Å². The predicted molar refractivity (Wildman–Crippen MR) is 75.6 cm³/mol. The van der Waals surface area contributed by atoms with Crippen molar-refractivity contribution < 1.29 is 4.74 Å². The smallest absolute Gasteiger partial charge is 0.0590 e. The van der Waals surface area contributed by atoms with Crippen molar-refractivity contribution in [3.05, 3.63) is 0 Å². The highest BCUT2D eigenvalue weighted by Crippen LogP contribution is 2.39. The van der Waals surface area contributed by atoms with Crippen LogP contribution in [0.15, 0.2) is 0 Å². The molecule has 0 bridgehead atoms. The Bertz CT molecular complexity index is 265. The van der Waals surface area contributed by atoms with E-state index in [4.69, 9.17) is 10.5 Å². The lowest BCUT2D eigenvalue weighted by atomic mass is 9.83. The Morgan fingerprint density at radius 3 is 2.61 bits per heavy atom. The molecule has 1 saturated carbocycles. The topological polar surface area (TPSA) is 38.5 Å². The lowest BCUT2D eigenvalue weighted by molar-refractivity contribution is -0.0777. The van der Waals surface area contributed by atoms with Gasteiger partial charge in [0.25, 0.3) is 0 Å². The van der Waals surface area contributed by atoms with Crippen LogP contribution < -0.4 is 5.73 Å². The summed E-state index contributed by atoms with van der Waals surface area (Å²) in [5.41, 5.74) is 6.41. The molecule has 0 aromatic carbocycles. The van der Waals surface area contributed by atoms with Crippen LogP contribution in [0.25, 0.3) is 0 Å². The van der Waals surface area contributed by atoms with E-state index in [9.17, 15) is 0 Å². The Morgan fingerprint density at radius 1 is 1.39 bits per heavy atom. The first-order valence-corrected chi connectivity index (χ1v) is 7.69. The Labute approximate surface area is 112 Å². The van der Waals surface area contributed by atoms with Crippen molar-refractivity contribution in [2.45, 2.75) is 70.6 Å². The molecule has 1 saturated heterocycles. The molecule has 2 unspecified atom stereocenters. The number of nitrogens with zero attached hydrogens (tertiary/aromatic N) is 1. The van der Waals surface area contributed by atoms with Gasteiger partial charge in [0, 0.05) is 31.3 Å². The molecule has 18 heavy (non-hydrogen) atoms. The van der Waals surface area contributed by atoms with Crippen LogP contribution in [0.1, 0.15) is 52.9 Å². The average molecular weight is 254 g/mol. The van der Waals surface area contributed by atoms with Crippen molar-refractivity contribution >= 4 is 0 Å². The fraction of sp³-hybridized carbons (Fsp3) is 1.00. The molecule has 0 spiro atoms. The molecule has 2 fully saturated rings. The fourth-order valence-corrected chi connectivity index (χ4v) is 3.34. The monoisotopic (exact) mass is 254 g/mol. The van der Waals surface area contributed by atoms with Crippen LogP contribution in [0, 0.1) is 5.92 Å². The third-order valence-corrected chi connectivity index (χ3v) is 4.52. The summed E-state index contributed by atoms with van der Waals surface area (Å²) in [6.07, 6.45) is 6.50. The van der Waals surface area contributed by atoms with Crippen molar-refractivity contribution in [2.75, 3.05) is 19.7 Å². The molecular weight excluding hydrogens is 224 g/mol. The molecule has 0 aromatic heterocycles. The van der Waals surface area contributed by atoms with Gasteiger partial charge in [-0.1, -0.05) is 20.8 Å². The van der Waals surface area contributed by atoms with Gasteiger partial charge in [-0.3, -0.25) is 4.90 Å². The largest absolute Gasteiger partial charge is 0.378 e. The van der Waals surface area contributed by atoms with E-state index in [1.165, 1.54) is 19.4 Å². The van der Waals surface area contributed by atoms with Crippen molar-refractivity contribution in [1.29, 1.82) is 0 Å². The zero-order chi connectivity index (χ0) is 13.2. The lowest BCUT2D eigenvalue weighted by Gasteiger charge is -2.49. The van der Waals surface area contributed by atoms with Gasteiger partial charge >= 0.3 is 0 Å². The highest BCUT2D eigenvalue weighted by Gasteiger charge is 2.46. The Morgan fingerprint density at radius 2 is 2.11 bits per heavy atom. The van der Waals surface area contributed by atoms with E-state index in [-0.39, 0.29) is 5.54 Å². The third kappa shape index (κ3) is 3.06. The first-order valence-electron chi connectivity index (χ1n) is 7.69. The molecule has 1 heterocycles. The molecule has 3 heteroatoms. The van der Waals surface area contributed by atoms with Crippen molar-refractivity contribution in [1.82, 2.24) is 4.90 Å². The van der Waals surface area contributed by atoms with Crippen LogP contribution in [0.3, 0.4) is 0 Å². The molecule has 2 N–H and O–H groups in total. The second kappa shape index (κ2) is 5.89. The van der Waals surface area contributed by atoms with Crippen LogP contribution in [0.2, 0.25) is 0 Å². The number of hydrogen-bond donors (Lipinski definition) is 1. The molecule has 2 aliphatic rings. The lowest BCUT2D eigenvalue weighted by Crippen LogP contribution is -2.60. The van der Waals surface area contributed by atoms with Crippen LogP contribution >= 0.6 is 0 Å². The Kier molecular flexibility index (Phi) is 4.68. The minimum absolute atomic E-state index is 0.213. The van der Waals surface area contributed by atoms with Gasteiger partial charge in [-0.25, -0.2) is 0 Å². The van der Waals surface area contributed by atoms with E-state index in [0.29, 0.717) is 6.10 Å². The summed E-state index contributed by atoms with van der Waals surface area (Å²) < 4.78 is 5.86. The summed E-state index contributed by atoms with van der Waals surface area (Å²) in [5, 5.41) is 0. The molecule has 1 aliphatic heterocycles. The average Bonchev–Trinajstić information content (AvgIpc) is 3.20. The molecule has 0 aromatic rings. The van der Waals surface area contributed by atoms with E-state index in [0.717, 1.165) is 44.4 Å². The molecule has 0 radical (unpaired) electrons. The zero-order valence-electron chi connectivity index (χ0n) is 12.3. The normalized spacial score (nSPS) is 33.3. The van der Waals surface area contributed by atoms with E-state index in [1.54, 1.807) is 0 Å². The predicted octanol–water partition coefficient (Wildman–Crippen LogP) is 2.39. The number of nitrogens with two attached hydrogens (primary N) is 1. The summed E-state index contributed by atoms with van der Waals surface area (Å²) in [6, 6.07) is 0.798. The third-order valence-electron chi connectivity index (χ3n) is 4.52. The second-order valence-corrected chi connectivity index (χ2v) is 6.56. The first kappa shape index (κ1) is 14.3. The van der Waals surface area contributed by atoms with Gasteiger partial charge < -0.3 is 10.5 Å². The van der Waals surface area contributed by atoms with Gasteiger partial charge in [0.1, 0.15) is 0 Å². The highest BCUT2D eigenvalue weighted by atomic mass is 16.5. The molecule has 3 nitrogen and oxygen atoms in total. The van der Waals surface area contributed by atoms with Gasteiger partial charge in [0.15, 0.2) is 0 Å². The standard InChI is InChI=1S/C15H30N2O/c1-4-14-9-15(11-16,7-8-18-14)17(10-12(2)3)13-5-6-13/h12-14H,4-11,16H2,1-3H3. The summed E-state index contributed by atoms with van der Waals surface area (Å²) >= 11 is 0. The van der Waals surface area contributed by atoms with Gasteiger partial charge in [-0.05, 0) is 38.0 Å². The van der Waals surface area contributed by atoms with E-state index in [2.05, 4.69) is 25.7 Å².